The predicted molar refractivity (Wildman–Crippen MR) is 136 cm³/mol. The number of thiophene rings is 1. The molecule has 3 rings (SSSR count). The third kappa shape index (κ3) is 8.91. The molecule has 1 atom stereocenters. The standard InChI is InChI=1S/C23H33N3O2S.HI/c1-18(13-22-7-4-12-29-22)15-25-23(24-2)26-16-19-5-3-6-20(14-19)17-28-21-8-10-27-11-9-21;/h3-7,12,14,18,21H,8-11,13,15-17H2,1-2H3,(H2,24,25,26);1H. The summed E-state index contributed by atoms with van der Waals surface area (Å²) in [6, 6.07) is 12.9. The Hall–Kier alpha value is -1.16. The zero-order valence-electron chi connectivity index (χ0n) is 17.9. The summed E-state index contributed by atoms with van der Waals surface area (Å²) in [7, 11) is 1.82. The number of rotatable bonds is 9. The minimum Gasteiger partial charge on any atom is -0.381 e. The van der Waals surface area contributed by atoms with Crippen molar-refractivity contribution in [2.45, 2.75) is 45.4 Å². The van der Waals surface area contributed by atoms with Crippen LogP contribution >= 0.6 is 35.3 Å². The topological polar surface area (TPSA) is 54.9 Å². The van der Waals surface area contributed by atoms with Gasteiger partial charge in [-0.2, -0.15) is 0 Å². The van der Waals surface area contributed by atoms with Crippen molar-refractivity contribution in [3.63, 3.8) is 0 Å². The van der Waals surface area contributed by atoms with E-state index in [0.717, 1.165) is 51.5 Å². The van der Waals surface area contributed by atoms with Crippen molar-refractivity contribution < 1.29 is 9.47 Å². The van der Waals surface area contributed by atoms with E-state index in [1.807, 2.05) is 18.4 Å². The maximum Gasteiger partial charge on any atom is 0.191 e. The number of hydrogen-bond donors (Lipinski definition) is 2. The van der Waals surface area contributed by atoms with E-state index in [-0.39, 0.29) is 24.0 Å². The molecule has 1 aliphatic rings. The summed E-state index contributed by atoms with van der Waals surface area (Å²) in [5, 5.41) is 9.00. The van der Waals surface area contributed by atoms with Crippen LogP contribution in [0, 0.1) is 5.92 Å². The number of nitrogens with one attached hydrogen (secondary N) is 2. The highest BCUT2D eigenvalue weighted by atomic mass is 127. The molecule has 1 fully saturated rings. The van der Waals surface area contributed by atoms with Crippen molar-refractivity contribution in [3.8, 4) is 0 Å². The van der Waals surface area contributed by atoms with E-state index < -0.39 is 0 Å². The molecule has 1 aromatic carbocycles. The molecule has 0 bridgehead atoms. The fourth-order valence-corrected chi connectivity index (χ4v) is 4.28. The van der Waals surface area contributed by atoms with Crippen molar-refractivity contribution in [2.24, 2.45) is 10.9 Å². The van der Waals surface area contributed by atoms with Crippen LogP contribution in [-0.4, -0.2) is 38.9 Å². The number of benzene rings is 1. The van der Waals surface area contributed by atoms with E-state index in [2.05, 4.69) is 64.3 Å². The monoisotopic (exact) mass is 543 g/mol. The Bertz CT molecular complexity index is 749. The summed E-state index contributed by atoms with van der Waals surface area (Å²) >= 11 is 1.82. The maximum absolute atomic E-state index is 6.04. The first-order valence-corrected chi connectivity index (χ1v) is 11.3. The predicted octanol–water partition coefficient (Wildman–Crippen LogP) is 4.61. The van der Waals surface area contributed by atoms with Gasteiger partial charge in [-0.15, -0.1) is 35.3 Å². The summed E-state index contributed by atoms with van der Waals surface area (Å²) in [5.74, 6) is 1.39. The second-order valence-electron chi connectivity index (χ2n) is 7.64. The molecule has 2 heterocycles. The van der Waals surface area contributed by atoms with Crippen molar-refractivity contribution in [2.75, 3.05) is 26.8 Å². The van der Waals surface area contributed by atoms with Gasteiger partial charge in [0.05, 0.1) is 12.7 Å². The van der Waals surface area contributed by atoms with E-state index in [9.17, 15) is 0 Å². The average Bonchev–Trinajstić information content (AvgIpc) is 3.26. The first kappa shape index (κ1) is 25.1. The van der Waals surface area contributed by atoms with Gasteiger partial charge in [0, 0.05) is 38.2 Å². The number of guanidine groups is 1. The average molecular weight is 544 g/mol. The third-order valence-electron chi connectivity index (χ3n) is 5.08. The Balaban J connectivity index is 0.00000320. The Labute approximate surface area is 201 Å². The van der Waals surface area contributed by atoms with Gasteiger partial charge < -0.3 is 20.1 Å². The van der Waals surface area contributed by atoms with Crippen LogP contribution in [-0.2, 0) is 29.0 Å². The highest BCUT2D eigenvalue weighted by Gasteiger charge is 2.14. The molecule has 0 aliphatic carbocycles. The lowest BCUT2D eigenvalue weighted by molar-refractivity contribution is -0.0390. The lowest BCUT2D eigenvalue weighted by atomic mass is 10.1. The quantitative estimate of drug-likeness (QED) is 0.276. The molecule has 5 nitrogen and oxygen atoms in total. The summed E-state index contributed by atoms with van der Waals surface area (Å²) in [5.41, 5.74) is 2.44. The zero-order chi connectivity index (χ0) is 20.3. The van der Waals surface area contributed by atoms with E-state index in [1.54, 1.807) is 0 Å². The number of aliphatic imine (C=N–C) groups is 1. The minimum absolute atomic E-state index is 0. The van der Waals surface area contributed by atoms with Gasteiger partial charge in [-0.25, -0.2) is 0 Å². The van der Waals surface area contributed by atoms with Gasteiger partial charge in [0.1, 0.15) is 0 Å². The van der Waals surface area contributed by atoms with E-state index >= 15 is 0 Å². The van der Waals surface area contributed by atoms with Gasteiger partial charge >= 0.3 is 0 Å². The van der Waals surface area contributed by atoms with Crippen molar-refractivity contribution in [1.29, 1.82) is 0 Å². The van der Waals surface area contributed by atoms with Crippen LogP contribution in [0.5, 0.6) is 0 Å². The van der Waals surface area contributed by atoms with Crippen LogP contribution in [0.15, 0.2) is 46.8 Å². The molecule has 1 unspecified atom stereocenters. The number of hydrogen-bond acceptors (Lipinski definition) is 4. The number of nitrogens with zero attached hydrogens (tertiary/aromatic N) is 1. The highest BCUT2D eigenvalue weighted by molar-refractivity contribution is 14.0. The molecule has 7 heteroatoms. The van der Waals surface area contributed by atoms with Crippen LogP contribution < -0.4 is 10.6 Å². The zero-order valence-corrected chi connectivity index (χ0v) is 21.1. The Morgan fingerprint density at radius 1 is 1.20 bits per heavy atom. The Kier molecular flexibility index (Phi) is 11.7. The van der Waals surface area contributed by atoms with E-state index in [4.69, 9.17) is 9.47 Å². The van der Waals surface area contributed by atoms with Crippen molar-refractivity contribution in [3.05, 3.63) is 57.8 Å². The molecule has 0 radical (unpaired) electrons. The molecule has 30 heavy (non-hydrogen) atoms. The smallest absolute Gasteiger partial charge is 0.191 e. The molecule has 1 aliphatic heterocycles. The minimum atomic E-state index is 0. The largest absolute Gasteiger partial charge is 0.381 e. The number of ether oxygens (including phenoxy) is 2. The molecule has 0 saturated carbocycles. The fourth-order valence-electron chi connectivity index (χ4n) is 3.41. The van der Waals surface area contributed by atoms with Gasteiger partial charge in [0.25, 0.3) is 0 Å². The fraction of sp³-hybridized carbons (Fsp3) is 0.522. The van der Waals surface area contributed by atoms with Gasteiger partial charge in [-0.3, -0.25) is 4.99 Å². The molecular formula is C23H34IN3O2S. The summed E-state index contributed by atoms with van der Waals surface area (Å²) in [6.45, 7) is 6.19. The Morgan fingerprint density at radius 2 is 2.00 bits per heavy atom. The van der Waals surface area contributed by atoms with Crippen LogP contribution in [0.2, 0.25) is 0 Å². The first-order valence-electron chi connectivity index (χ1n) is 10.5. The summed E-state index contributed by atoms with van der Waals surface area (Å²) in [6.07, 6.45) is 3.41. The van der Waals surface area contributed by atoms with Crippen molar-refractivity contribution >= 4 is 41.3 Å². The highest BCUT2D eigenvalue weighted by Crippen LogP contribution is 2.15. The molecule has 0 amide bonds. The summed E-state index contributed by atoms with van der Waals surface area (Å²) in [4.78, 5) is 5.78. The molecule has 1 saturated heterocycles. The van der Waals surface area contributed by atoms with Crippen LogP contribution in [0.1, 0.15) is 35.8 Å². The van der Waals surface area contributed by atoms with Gasteiger partial charge in [0.2, 0.25) is 0 Å². The van der Waals surface area contributed by atoms with Crippen LogP contribution in [0.4, 0.5) is 0 Å². The Morgan fingerprint density at radius 3 is 2.73 bits per heavy atom. The van der Waals surface area contributed by atoms with E-state index in [0.29, 0.717) is 18.6 Å². The lowest BCUT2D eigenvalue weighted by Gasteiger charge is -2.22. The van der Waals surface area contributed by atoms with Crippen LogP contribution in [0.3, 0.4) is 0 Å². The van der Waals surface area contributed by atoms with Crippen molar-refractivity contribution in [1.82, 2.24) is 10.6 Å². The molecule has 2 N–H and O–H groups in total. The second-order valence-corrected chi connectivity index (χ2v) is 8.67. The molecule has 166 valence electrons. The third-order valence-corrected chi connectivity index (χ3v) is 5.98. The molecule has 2 aromatic rings. The normalized spacial score (nSPS) is 16.0. The molecular weight excluding hydrogens is 509 g/mol. The SMILES string of the molecule is CN=C(NCc1cccc(COC2CCOCC2)c1)NCC(C)Cc1cccs1.I. The maximum atomic E-state index is 6.04. The van der Waals surface area contributed by atoms with E-state index in [1.165, 1.54) is 16.0 Å². The number of halogens is 1. The lowest BCUT2D eigenvalue weighted by Crippen LogP contribution is -2.39. The summed E-state index contributed by atoms with van der Waals surface area (Å²) < 4.78 is 11.4. The molecule has 1 aromatic heterocycles. The molecule has 0 spiro atoms. The van der Waals surface area contributed by atoms with Gasteiger partial charge in [0.15, 0.2) is 5.96 Å². The first-order chi connectivity index (χ1) is 14.2. The second kappa shape index (κ2) is 14.0. The van der Waals surface area contributed by atoms with Crippen LogP contribution in [0.25, 0.3) is 0 Å². The van der Waals surface area contributed by atoms with Gasteiger partial charge in [-0.05, 0) is 47.8 Å². The van der Waals surface area contributed by atoms with Gasteiger partial charge in [-0.1, -0.05) is 37.3 Å².